The fraction of sp³-hybridized carbons (Fsp3) is 0.393. The van der Waals surface area contributed by atoms with Crippen LogP contribution in [0.25, 0.3) is 0 Å². The van der Waals surface area contributed by atoms with E-state index >= 15 is 0 Å². The zero-order valence-corrected chi connectivity index (χ0v) is 22.7. The number of halogens is 7. The van der Waals surface area contributed by atoms with Crippen molar-refractivity contribution in [3.63, 3.8) is 0 Å². The van der Waals surface area contributed by atoms with E-state index < -0.39 is 59.6 Å². The van der Waals surface area contributed by atoms with E-state index in [9.17, 15) is 40.3 Å². The van der Waals surface area contributed by atoms with Crippen molar-refractivity contribution in [3.8, 4) is 0 Å². The van der Waals surface area contributed by atoms with Crippen LogP contribution in [0.1, 0.15) is 59.7 Å². The number of aryl methyl sites for hydroxylation is 1. The maximum atomic E-state index is 13.9. The molecule has 0 spiro atoms. The summed E-state index contributed by atoms with van der Waals surface area (Å²) in [5.41, 5.74) is -2.28. The fourth-order valence-corrected chi connectivity index (χ4v) is 4.96. The van der Waals surface area contributed by atoms with Crippen molar-refractivity contribution in [2.24, 2.45) is 0 Å². The molecule has 2 heterocycles. The molecule has 1 fully saturated rings. The molecule has 42 heavy (non-hydrogen) atoms. The molecule has 3 aromatic rings. The maximum Gasteiger partial charge on any atom is 0.419 e. The van der Waals surface area contributed by atoms with E-state index in [4.69, 9.17) is 4.74 Å². The Balaban J connectivity index is 1.63. The van der Waals surface area contributed by atoms with E-state index in [0.29, 0.717) is 23.3 Å². The number of ether oxygens (including phenoxy) is 1. The molecule has 0 radical (unpaired) electrons. The number of carbonyl (C=O) groups is 2. The third-order valence-corrected chi connectivity index (χ3v) is 7.35. The first-order valence-electron chi connectivity index (χ1n) is 12.8. The van der Waals surface area contributed by atoms with Gasteiger partial charge in [-0.1, -0.05) is 6.07 Å². The zero-order valence-electron chi connectivity index (χ0n) is 22.7. The molecule has 2 amide bonds. The van der Waals surface area contributed by atoms with Crippen LogP contribution in [0.3, 0.4) is 0 Å². The highest BCUT2D eigenvalue weighted by atomic mass is 19.4. The van der Waals surface area contributed by atoms with Gasteiger partial charge < -0.3 is 14.5 Å². The van der Waals surface area contributed by atoms with Crippen LogP contribution in [0.2, 0.25) is 0 Å². The minimum atomic E-state index is -5.04. The van der Waals surface area contributed by atoms with Gasteiger partial charge in [-0.3, -0.25) is 0 Å². The Morgan fingerprint density at radius 1 is 1.05 bits per heavy atom. The van der Waals surface area contributed by atoms with E-state index in [0.717, 1.165) is 9.47 Å². The number of aromatic nitrogens is 2. The molecular weight excluding hydrogens is 573 g/mol. The molecule has 0 N–H and O–H groups in total. The molecule has 1 aliphatic heterocycles. The highest BCUT2D eigenvalue weighted by Gasteiger charge is 2.40. The second kappa shape index (κ2) is 11.6. The average Bonchev–Trinajstić information content (AvgIpc) is 3.46. The predicted octanol–water partition coefficient (Wildman–Crippen LogP) is 7.37. The van der Waals surface area contributed by atoms with Gasteiger partial charge in [-0.05, 0) is 60.9 Å². The molecule has 1 aliphatic rings. The molecule has 1 saturated heterocycles. The molecule has 3 atom stereocenters. The van der Waals surface area contributed by atoms with Crippen molar-refractivity contribution in [1.82, 2.24) is 19.4 Å². The van der Waals surface area contributed by atoms with Gasteiger partial charge in [-0.15, -0.1) is 0 Å². The highest BCUT2D eigenvalue weighted by molar-refractivity contribution is 5.76. The van der Waals surface area contributed by atoms with Crippen LogP contribution in [-0.2, 0) is 17.1 Å². The van der Waals surface area contributed by atoms with Gasteiger partial charge in [0.25, 0.3) is 0 Å². The van der Waals surface area contributed by atoms with E-state index in [1.54, 1.807) is 6.92 Å². The summed E-state index contributed by atoms with van der Waals surface area (Å²) in [4.78, 5) is 32.5. The number of urea groups is 1. The van der Waals surface area contributed by atoms with Crippen molar-refractivity contribution in [2.75, 3.05) is 13.6 Å². The summed E-state index contributed by atoms with van der Waals surface area (Å²) in [6.45, 7) is 3.00. The number of nitrogens with zero attached hydrogens (tertiary/aromatic N) is 4. The van der Waals surface area contributed by atoms with Crippen molar-refractivity contribution < 1.29 is 45.1 Å². The first-order chi connectivity index (χ1) is 19.6. The van der Waals surface area contributed by atoms with Gasteiger partial charge in [0, 0.05) is 38.8 Å². The predicted molar refractivity (Wildman–Crippen MR) is 136 cm³/mol. The number of hydrogen-bond acceptors (Lipinski definition) is 4. The summed E-state index contributed by atoms with van der Waals surface area (Å²) in [5.74, 6) is -0.510. The third kappa shape index (κ3) is 6.68. The number of amides is 2. The number of rotatable bonds is 4. The fourth-order valence-electron chi connectivity index (χ4n) is 4.96. The molecule has 226 valence electrons. The van der Waals surface area contributed by atoms with Gasteiger partial charge in [-0.2, -0.15) is 26.3 Å². The number of hydrogen-bond donors (Lipinski definition) is 0. The molecule has 0 bridgehead atoms. The molecule has 1 aromatic heterocycles. The molecule has 0 aliphatic carbocycles. The number of piperidine rings is 1. The van der Waals surface area contributed by atoms with Crippen LogP contribution in [0, 0.1) is 12.7 Å². The minimum Gasteiger partial charge on any atom is -0.445 e. The van der Waals surface area contributed by atoms with Gasteiger partial charge in [0.1, 0.15) is 18.2 Å². The summed E-state index contributed by atoms with van der Waals surface area (Å²) in [5, 5.41) is 0. The Kier molecular flexibility index (Phi) is 8.55. The van der Waals surface area contributed by atoms with Crippen LogP contribution in [0.15, 0.2) is 55.1 Å². The second-order valence-corrected chi connectivity index (χ2v) is 10.1. The summed E-state index contributed by atoms with van der Waals surface area (Å²) in [6, 6.07) is 2.57. The lowest BCUT2D eigenvalue weighted by atomic mass is 9.90. The van der Waals surface area contributed by atoms with Gasteiger partial charge in [0.15, 0.2) is 0 Å². The summed E-state index contributed by atoms with van der Waals surface area (Å²) in [7, 11) is 1.28. The number of imidazole rings is 1. The number of likely N-dealkylation sites (tertiary alicyclic amines) is 1. The minimum absolute atomic E-state index is 0.0290. The normalized spacial score (nSPS) is 18.5. The molecule has 2 aromatic carbocycles. The van der Waals surface area contributed by atoms with Crippen molar-refractivity contribution in [1.29, 1.82) is 0 Å². The molecule has 7 nitrogen and oxygen atoms in total. The monoisotopic (exact) mass is 600 g/mol. The van der Waals surface area contributed by atoms with E-state index in [-0.39, 0.29) is 31.0 Å². The van der Waals surface area contributed by atoms with Gasteiger partial charge in [0.2, 0.25) is 0 Å². The van der Waals surface area contributed by atoms with E-state index in [1.807, 2.05) is 0 Å². The smallest absolute Gasteiger partial charge is 0.419 e. The third-order valence-electron chi connectivity index (χ3n) is 7.35. The second-order valence-electron chi connectivity index (χ2n) is 10.1. The number of carbonyl (C=O) groups excluding carboxylic acids is 2. The van der Waals surface area contributed by atoms with Crippen LogP contribution in [0.5, 0.6) is 0 Å². The number of alkyl halides is 6. The van der Waals surface area contributed by atoms with Crippen LogP contribution < -0.4 is 0 Å². The van der Waals surface area contributed by atoms with Crippen molar-refractivity contribution in [2.45, 2.75) is 57.2 Å². The summed E-state index contributed by atoms with van der Waals surface area (Å²) in [6.07, 6.45) is -7.06. The lowest BCUT2D eigenvalue weighted by Gasteiger charge is -2.42. The summed E-state index contributed by atoms with van der Waals surface area (Å²) < 4.78 is 101. The quantitative estimate of drug-likeness (QED) is 0.294. The Morgan fingerprint density at radius 3 is 2.24 bits per heavy atom. The topological polar surface area (TPSA) is 67.7 Å². The van der Waals surface area contributed by atoms with Gasteiger partial charge in [0.05, 0.1) is 23.2 Å². The Labute approximate surface area is 236 Å². The first-order valence-corrected chi connectivity index (χ1v) is 12.8. The maximum absolute atomic E-state index is 13.9. The molecule has 4 rings (SSSR count). The number of benzene rings is 2. The Bertz CT molecular complexity index is 1410. The zero-order chi connectivity index (χ0) is 31.0. The lowest BCUT2D eigenvalue weighted by Crippen LogP contribution is -2.49. The Morgan fingerprint density at radius 2 is 1.69 bits per heavy atom. The van der Waals surface area contributed by atoms with Crippen LogP contribution >= 0.6 is 0 Å². The molecule has 0 saturated carbocycles. The largest absolute Gasteiger partial charge is 0.445 e. The summed E-state index contributed by atoms with van der Waals surface area (Å²) >= 11 is 0. The average molecular weight is 601 g/mol. The molecule has 0 unspecified atom stereocenters. The molecular formula is C28H27F7N4O3. The standard InChI is InChI=1S/C28H27F7N4O3/c1-16-10-21(29)4-5-23(16)24-14-22(42-26(41)38-9-7-36-15-38)6-8-39(24)25(40)37(3)17(2)18-11-19(27(30,31)32)13-20(12-18)28(33,34)35/h4-5,7,9-13,15,17,22,24H,6,8,14H2,1-3H3/t17-,22-,24+/m0/s1. The lowest BCUT2D eigenvalue weighted by molar-refractivity contribution is -0.143. The van der Waals surface area contributed by atoms with Crippen molar-refractivity contribution >= 4 is 12.1 Å². The van der Waals surface area contributed by atoms with Crippen molar-refractivity contribution in [3.05, 3.63) is 88.8 Å². The van der Waals surface area contributed by atoms with Crippen LogP contribution in [-0.4, -0.2) is 51.2 Å². The highest BCUT2D eigenvalue weighted by Crippen LogP contribution is 2.40. The molecule has 14 heteroatoms. The van der Waals surface area contributed by atoms with E-state index in [1.165, 1.54) is 55.8 Å². The Hall–Kier alpha value is -4.10. The van der Waals surface area contributed by atoms with Gasteiger partial charge >= 0.3 is 24.5 Å². The van der Waals surface area contributed by atoms with Crippen LogP contribution in [0.4, 0.5) is 40.3 Å². The van der Waals surface area contributed by atoms with Gasteiger partial charge in [-0.25, -0.2) is 23.5 Å². The first kappa shape index (κ1) is 30.8. The van der Waals surface area contributed by atoms with E-state index in [2.05, 4.69) is 4.98 Å². The SMILES string of the molecule is Cc1cc(F)ccc1[C@H]1C[C@@H](OC(=O)n2ccnc2)CCN1C(=O)N(C)[C@@H](C)c1cc(C(F)(F)F)cc(C(F)(F)F)c1.